The fraction of sp³-hybridized carbons (Fsp3) is 0.438. The Labute approximate surface area is 131 Å². The molecule has 0 bridgehead atoms. The number of aryl methyl sites for hydroxylation is 4. The van der Waals surface area contributed by atoms with E-state index in [1.807, 2.05) is 11.6 Å². The molecule has 2 rings (SSSR count). The largest absolute Gasteiger partial charge is 0.271 e. The Balaban J connectivity index is 2.38. The molecule has 1 aromatic heterocycles. The Morgan fingerprint density at radius 1 is 1.33 bits per heavy atom. The predicted octanol–water partition coefficient (Wildman–Crippen LogP) is 3.23. The van der Waals surface area contributed by atoms with Crippen molar-refractivity contribution in [2.75, 3.05) is 0 Å². The van der Waals surface area contributed by atoms with Gasteiger partial charge in [0.25, 0.3) is 0 Å². The minimum Gasteiger partial charge on any atom is -0.271 e. The molecule has 1 heterocycles. The summed E-state index contributed by atoms with van der Waals surface area (Å²) >= 11 is 6.40. The highest BCUT2D eigenvalue weighted by molar-refractivity contribution is 6.31. The van der Waals surface area contributed by atoms with Crippen LogP contribution in [-0.2, 0) is 13.0 Å². The second-order valence-corrected chi connectivity index (χ2v) is 5.82. The highest BCUT2D eigenvalue weighted by atomic mass is 35.5. The van der Waals surface area contributed by atoms with Gasteiger partial charge in [-0.1, -0.05) is 35.4 Å². The normalized spacial score (nSPS) is 12.7. The number of rotatable bonds is 5. The van der Waals surface area contributed by atoms with E-state index in [9.17, 15) is 0 Å². The molecule has 1 aromatic carbocycles. The average molecular weight is 307 g/mol. The maximum absolute atomic E-state index is 6.40. The van der Waals surface area contributed by atoms with E-state index >= 15 is 0 Å². The first-order valence-corrected chi connectivity index (χ1v) is 7.60. The first kappa shape index (κ1) is 16.0. The smallest absolute Gasteiger partial charge is 0.0847 e. The maximum Gasteiger partial charge on any atom is 0.0847 e. The molecule has 5 heteroatoms. The minimum absolute atomic E-state index is 0.0174. The van der Waals surface area contributed by atoms with Gasteiger partial charge in [-0.15, -0.1) is 0 Å². The van der Waals surface area contributed by atoms with Crippen molar-refractivity contribution in [3.05, 3.63) is 51.3 Å². The number of nitrogens with zero attached hydrogens (tertiary/aromatic N) is 2. The first-order valence-electron chi connectivity index (χ1n) is 7.23. The van der Waals surface area contributed by atoms with Gasteiger partial charge in [-0.25, -0.2) is 0 Å². The predicted molar refractivity (Wildman–Crippen MR) is 87.3 cm³/mol. The first-order chi connectivity index (χ1) is 9.97. The summed E-state index contributed by atoms with van der Waals surface area (Å²) in [4.78, 5) is 0. The van der Waals surface area contributed by atoms with Gasteiger partial charge < -0.3 is 0 Å². The van der Waals surface area contributed by atoms with Crippen molar-refractivity contribution in [1.29, 1.82) is 0 Å². The van der Waals surface area contributed by atoms with Crippen molar-refractivity contribution >= 4 is 11.6 Å². The Morgan fingerprint density at radius 2 is 2.05 bits per heavy atom. The standard InChI is InChI=1S/C16H23ClN4/c1-5-21-15(16(17)12(4)20-21)9-14(19-18)13-8-10(2)6-7-11(13)3/h6-8,14,19H,5,9,18H2,1-4H3. The fourth-order valence-corrected chi connectivity index (χ4v) is 2.86. The van der Waals surface area contributed by atoms with Crippen LogP contribution in [-0.4, -0.2) is 9.78 Å². The topological polar surface area (TPSA) is 55.9 Å². The molecule has 0 saturated carbocycles. The zero-order valence-corrected chi connectivity index (χ0v) is 13.8. The zero-order chi connectivity index (χ0) is 15.6. The summed E-state index contributed by atoms with van der Waals surface area (Å²) in [7, 11) is 0. The molecule has 0 radical (unpaired) electrons. The number of nitrogens with one attached hydrogen (secondary N) is 1. The summed E-state index contributed by atoms with van der Waals surface area (Å²) < 4.78 is 1.95. The molecule has 4 nitrogen and oxygen atoms in total. The van der Waals surface area contributed by atoms with Crippen LogP contribution in [0.3, 0.4) is 0 Å². The molecule has 114 valence electrons. The molecule has 0 amide bonds. The van der Waals surface area contributed by atoms with Gasteiger partial charge in [0.05, 0.1) is 22.5 Å². The minimum atomic E-state index is 0.0174. The summed E-state index contributed by atoms with van der Waals surface area (Å²) in [6.45, 7) is 8.98. The number of hydrogen-bond acceptors (Lipinski definition) is 3. The van der Waals surface area contributed by atoms with E-state index in [0.717, 1.165) is 23.0 Å². The Kier molecular flexibility index (Phi) is 5.04. The van der Waals surface area contributed by atoms with Gasteiger partial charge in [-0.2, -0.15) is 5.10 Å². The molecule has 0 saturated heterocycles. The van der Waals surface area contributed by atoms with E-state index in [1.54, 1.807) is 0 Å². The lowest BCUT2D eigenvalue weighted by Gasteiger charge is -2.20. The molecule has 0 aliphatic heterocycles. The molecule has 0 aliphatic rings. The summed E-state index contributed by atoms with van der Waals surface area (Å²) in [5.41, 5.74) is 8.47. The van der Waals surface area contributed by atoms with E-state index in [-0.39, 0.29) is 6.04 Å². The highest BCUT2D eigenvalue weighted by Crippen LogP contribution is 2.27. The molecule has 21 heavy (non-hydrogen) atoms. The average Bonchev–Trinajstić information content (AvgIpc) is 2.74. The lowest BCUT2D eigenvalue weighted by molar-refractivity contribution is 0.515. The second-order valence-electron chi connectivity index (χ2n) is 5.45. The van der Waals surface area contributed by atoms with Gasteiger partial charge in [0.15, 0.2) is 0 Å². The molecular formula is C16H23ClN4. The molecule has 0 aliphatic carbocycles. The summed E-state index contributed by atoms with van der Waals surface area (Å²) in [5.74, 6) is 5.80. The SMILES string of the molecule is CCn1nc(C)c(Cl)c1CC(NN)c1cc(C)ccc1C. The number of hydrogen-bond donors (Lipinski definition) is 2. The quantitative estimate of drug-likeness (QED) is 0.658. The Hall–Kier alpha value is -1.36. The van der Waals surface area contributed by atoms with Gasteiger partial charge in [0.2, 0.25) is 0 Å². The molecule has 3 N–H and O–H groups in total. The van der Waals surface area contributed by atoms with Crippen molar-refractivity contribution in [3.8, 4) is 0 Å². The fourth-order valence-electron chi connectivity index (χ4n) is 2.65. The number of benzene rings is 1. The van der Waals surface area contributed by atoms with E-state index in [4.69, 9.17) is 17.4 Å². The van der Waals surface area contributed by atoms with Crippen LogP contribution < -0.4 is 11.3 Å². The van der Waals surface area contributed by atoms with Crippen LogP contribution in [0.5, 0.6) is 0 Å². The zero-order valence-electron chi connectivity index (χ0n) is 13.1. The number of nitrogens with two attached hydrogens (primary N) is 1. The summed E-state index contributed by atoms with van der Waals surface area (Å²) in [6, 6.07) is 6.43. The van der Waals surface area contributed by atoms with Gasteiger partial charge in [0, 0.05) is 13.0 Å². The molecule has 1 unspecified atom stereocenters. The van der Waals surface area contributed by atoms with Gasteiger partial charge >= 0.3 is 0 Å². The summed E-state index contributed by atoms with van der Waals surface area (Å²) in [6.07, 6.45) is 0.717. The number of aromatic nitrogens is 2. The van der Waals surface area contributed by atoms with Crippen LogP contribution in [0, 0.1) is 20.8 Å². The third-order valence-electron chi connectivity index (χ3n) is 3.86. The van der Waals surface area contributed by atoms with Crippen LogP contribution >= 0.6 is 11.6 Å². The van der Waals surface area contributed by atoms with Gasteiger partial charge in [0.1, 0.15) is 0 Å². The second kappa shape index (κ2) is 6.60. The molecule has 0 spiro atoms. The van der Waals surface area contributed by atoms with Crippen LogP contribution in [0.15, 0.2) is 18.2 Å². The molecule has 0 fully saturated rings. The highest BCUT2D eigenvalue weighted by Gasteiger charge is 2.19. The number of hydrazine groups is 1. The van der Waals surface area contributed by atoms with E-state index in [0.29, 0.717) is 6.42 Å². The van der Waals surface area contributed by atoms with Crippen molar-refractivity contribution < 1.29 is 0 Å². The van der Waals surface area contributed by atoms with Gasteiger partial charge in [-0.3, -0.25) is 16.0 Å². The lowest BCUT2D eigenvalue weighted by Crippen LogP contribution is -2.31. The van der Waals surface area contributed by atoms with E-state index in [2.05, 4.69) is 49.5 Å². The lowest BCUT2D eigenvalue weighted by atomic mass is 9.96. The Morgan fingerprint density at radius 3 is 2.67 bits per heavy atom. The van der Waals surface area contributed by atoms with Crippen LogP contribution in [0.2, 0.25) is 5.02 Å². The van der Waals surface area contributed by atoms with Crippen molar-refractivity contribution in [2.45, 2.75) is 46.7 Å². The monoisotopic (exact) mass is 306 g/mol. The van der Waals surface area contributed by atoms with Crippen LogP contribution in [0.25, 0.3) is 0 Å². The maximum atomic E-state index is 6.40. The van der Waals surface area contributed by atoms with E-state index in [1.165, 1.54) is 16.7 Å². The third kappa shape index (κ3) is 3.28. The van der Waals surface area contributed by atoms with E-state index < -0.39 is 0 Å². The molecule has 2 aromatic rings. The molecule has 1 atom stereocenters. The molecular weight excluding hydrogens is 284 g/mol. The Bertz CT molecular complexity index is 633. The van der Waals surface area contributed by atoms with Crippen LogP contribution in [0.4, 0.5) is 0 Å². The number of halogens is 1. The van der Waals surface area contributed by atoms with Crippen LogP contribution in [0.1, 0.15) is 41.0 Å². The van der Waals surface area contributed by atoms with Crippen molar-refractivity contribution in [3.63, 3.8) is 0 Å². The third-order valence-corrected chi connectivity index (χ3v) is 4.35. The van der Waals surface area contributed by atoms with Gasteiger partial charge in [-0.05, 0) is 38.8 Å². The van der Waals surface area contributed by atoms with Crippen molar-refractivity contribution in [1.82, 2.24) is 15.2 Å². The summed E-state index contributed by atoms with van der Waals surface area (Å²) in [5, 5.41) is 5.20. The van der Waals surface area contributed by atoms with Crippen molar-refractivity contribution in [2.24, 2.45) is 5.84 Å².